The Balaban J connectivity index is 2.34. The first-order valence-corrected chi connectivity index (χ1v) is 8.12. The average molecular weight is 362 g/mol. The van der Waals surface area contributed by atoms with Crippen molar-refractivity contribution in [2.24, 2.45) is 0 Å². The third-order valence-corrected chi connectivity index (χ3v) is 3.70. The second-order valence-corrected chi connectivity index (χ2v) is 5.67. The maximum atomic E-state index is 12.4. The maximum absolute atomic E-state index is 12.4. The van der Waals surface area contributed by atoms with Crippen LogP contribution in [0.15, 0.2) is 42.5 Å². The lowest BCUT2D eigenvalue weighted by molar-refractivity contribution is -0.0498. The van der Waals surface area contributed by atoms with Gasteiger partial charge in [0.25, 0.3) is 0 Å². The highest BCUT2D eigenvalue weighted by atomic mass is 19.3. The summed E-state index contributed by atoms with van der Waals surface area (Å²) in [4.78, 5) is 11.1. The molecule has 26 heavy (non-hydrogen) atoms. The van der Waals surface area contributed by atoms with Crippen LogP contribution >= 0.6 is 0 Å². The van der Waals surface area contributed by atoms with Crippen LogP contribution in [0.2, 0.25) is 0 Å². The lowest BCUT2D eigenvalue weighted by Gasteiger charge is -2.17. The van der Waals surface area contributed by atoms with E-state index in [1.54, 1.807) is 24.3 Å². The van der Waals surface area contributed by atoms with Gasteiger partial charge in [-0.05, 0) is 36.8 Å². The summed E-state index contributed by atoms with van der Waals surface area (Å²) < 4.78 is 29.1. The second-order valence-electron chi connectivity index (χ2n) is 5.67. The number of ether oxygens (including phenoxy) is 1. The number of rotatable bonds is 9. The van der Waals surface area contributed by atoms with E-state index in [0.29, 0.717) is 41.6 Å². The van der Waals surface area contributed by atoms with Gasteiger partial charge in [-0.1, -0.05) is 19.4 Å². The molecule has 3 N–H and O–H groups in total. The Bertz CT molecular complexity index is 781. The highest BCUT2D eigenvalue weighted by molar-refractivity contribution is 6.07. The monoisotopic (exact) mass is 362 g/mol. The molecule has 0 fully saturated rings. The Labute approximate surface area is 150 Å². The molecule has 0 saturated carbocycles. The van der Waals surface area contributed by atoms with Crippen LogP contribution in [0.4, 0.5) is 20.2 Å². The smallest absolute Gasteiger partial charge is 0.387 e. The average Bonchev–Trinajstić information content (AvgIpc) is 2.61. The molecule has 0 aliphatic rings. The highest BCUT2D eigenvalue weighted by Crippen LogP contribution is 2.27. The van der Waals surface area contributed by atoms with Gasteiger partial charge in [0.2, 0.25) is 0 Å². The number of alkyl halides is 2. The second kappa shape index (κ2) is 9.05. The SMILES string of the molecule is CCCC(O)C(=N)c1cc(C=O)ccc1Nc1cccc(OC(F)F)c1. The fourth-order valence-electron chi connectivity index (χ4n) is 2.47. The number of anilines is 2. The summed E-state index contributed by atoms with van der Waals surface area (Å²) in [6.45, 7) is -1.03. The van der Waals surface area contributed by atoms with Gasteiger partial charge in [-0.2, -0.15) is 8.78 Å². The number of nitrogens with one attached hydrogen (secondary N) is 2. The topological polar surface area (TPSA) is 82.4 Å². The van der Waals surface area contributed by atoms with Gasteiger partial charge in [-0.15, -0.1) is 0 Å². The molecule has 0 radical (unpaired) electrons. The molecular formula is C19H20F2N2O3. The molecular weight excluding hydrogens is 342 g/mol. The third kappa shape index (κ3) is 5.10. The Hall–Kier alpha value is -2.80. The van der Waals surface area contributed by atoms with Gasteiger partial charge < -0.3 is 20.6 Å². The first-order chi connectivity index (χ1) is 12.4. The predicted molar refractivity (Wildman–Crippen MR) is 95.9 cm³/mol. The number of aliphatic hydroxyl groups excluding tert-OH is 1. The van der Waals surface area contributed by atoms with E-state index in [-0.39, 0.29) is 11.5 Å². The molecule has 1 atom stereocenters. The number of aliphatic hydroxyl groups is 1. The van der Waals surface area contributed by atoms with E-state index in [9.17, 15) is 18.7 Å². The highest BCUT2D eigenvalue weighted by Gasteiger charge is 2.17. The van der Waals surface area contributed by atoms with E-state index in [4.69, 9.17) is 5.41 Å². The molecule has 138 valence electrons. The van der Waals surface area contributed by atoms with Crippen molar-refractivity contribution in [2.75, 3.05) is 5.32 Å². The third-order valence-electron chi connectivity index (χ3n) is 3.70. The van der Waals surface area contributed by atoms with Gasteiger partial charge in [-0.25, -0.2) is 0 Å². The summed E-state index contributed by atoms with van der Waals surface area (Å²) >= 11 is 0. The lowest BCUT2D eigenvalue weighted by Crippen LogP contribution is -2.21. The van der Waals surface area contributed by atoms with E-state index < -0.39 is 12.7 Å². The van der Waals surface area contributed by atoms with Crippen LogP contribution in [0.25, 0.3) is 0 Å². The van der Waals surface area contributed by atoms with Gasteiger partial charge in [-0.3, -0.25) is 4.79 Å². The van der Waals surface area contributed by atoms with Gasteiger partial charge in [0.05, 0.1) is 11.8 Å². The predicted octanol–water partition coefficient (Wildman–Crippen LogP) is 4.37. The molecule has 5 nitrogen and oxygen atoms in total. The molecule has 0 aliphatic heterocycles. The molecule has 0 aliphatic carbocycles. The zero-order valence-electron chi connectivity index (χ0n) is 14.2. The van der Waals surface area contributed by atoms with Crippen LogP contribution in [0.5, 0.6) is 5.75 Å². The van der Waals surface area contributed by atoms with E-state index >= 15 is 0 Å². The van der Waals surface area contributed by atoms with Crippen molar-refractivity contribution in [3.63, 3.8) is 0 Å². The Kier molecular flexibility index (Phi) is 6.80. The first-order valence-electron chi connectivity index (χ1n) is 8.12. The number of carbonyl (C=O) groups excluding carboxylic acids is 1. The fraction of sp³-hybridized carbons (Fsp3) is 0.263. The molecule has 0 spiro atoms. The number of hydrogen-bond donors (Lipinski definition) is 3. The van der Waals surface area contributed by atoms with Gasteiger partial charge in [0, 0.05) is 28.6 Å². The van der Waals surface area contributed by atoms with Crippen LogP contribution in [0, 0.1) is 5.41 Å². The summed E-state index contributed by atoms with van der Waals surface area (Å²) in [5.41, 5.74) is 1.67. The largest absolute Gasteiger partial charge is 0.435 e. The summed E-state index contributed by atoms with van der Waals surface area (Å²) in [5, 5.41) is 21.4. The van der Waals surface area contributed by atoms with Crippen LogP contribution in [0.3, 0.4) is 0 Å². The van der Waals surface area contributed by atoms with Gasteiger partial charge >= 0.3 is 6.61 Å². The van der Waals surface area contributed by atoms with Crippen molar-refractivity contribution in [1.82, 2.24) is 0 Å². The van der Waals surface area contributed by atoms with Crippen LogP contribution < -0.4 is 10.1 Å². The summed E-state index contributed by atoms with van der Waals surface area (Å²) in [6, 6.07) is 10.7. The first kappa shape index (κ1) is 19.5. The molecule has 0 heterocycles. The van der Waals surface area contributed by atoms with Gasteiger partial charge in [0.15, 0.2) is 0 Å². The Morgan fingerprint density at radius 3 is 2.73 bits per heavy atom. The van der Waals surface area contributed by atoms with Crippen molar-refractivity contribution >= 4 is 23.4 Å². The maximum Gasteiger partial charge on any atom is 0.387 e. The minimum absolute atomic E-state index is 0.00263. The lowest BCUT2D eigenvalue weighted by atomic mass is 9.98. The zero-order chi connectivity index (χ0) is 19.1. The fourth-order valence-corrected chi connectivity index (χ4v) is 2.47. The number of benzene rings is 2. The minimum Gasteiger partial charge on any atom is -0.435 e. The summed E-state index contributed by atoms with van der Waals surface area (Å²) in [6.07, 6.45) is 0.814. The van der Waals surface area contributed by atoms with Crippen molar-refractivity contribution in [1.29, 1.82) is 5.41 Å². The van der Waals surface area contributed by atoms with Crippen LogP contribution in [0.1, 0.15) is 35.7 Å². The quantitative estimate of drug-likeness (QED) is 0.457. The number of aldehydes is 1. The van der Waals surface area contributed by atoms with E-state index in [2.05, 4.69) is 10.1 Å². The van der Waals surface area contributed by atoms with Crippen molar-refractivity contribution in [3.05, 3.63) is 53.6 Å². The molecule has 0 bridgehead atoms. The molecule has 0 saturated heterocycles. The normalized spacial score (nSPS) is 11.9. The van der Waals surface area contributed by atoms with Crippen molar-refractivity contribution < 1.29 is 23.4 Å². The molecule has 0 amide bonds. The van der Waals surface area contributed by atoms with E-state index in [1.165, 1.54) is 18.2 Å². The molecule has 2 aromatic carbocycles. The van der Waals surface area contributed by atoms with E-state index in [1.807, 2.05) is 6.92 Å². The zero-order valence-corrected chi connectivity index (χ0v) is 14.2. The molecule has 1 unspecified atom stereocenters. The number of halogens is 2. The molecule has 2 rings (SSSR count). The minimum atomic E-state index is -2.93. The molecule has 7 heteroatoms. The number of carbonyl (C=O) groups is 1. The summed E-state index contributed by atoms with van der Waals surface area (Å²) in [5.74, 6) is -0.00263. The van der Waals surface area contributed by atoms with Crippen LogP contribution in [-0.4, -0.2) is 29.8 Å². The van der Waals surface area contributed by atoms with Crippen molar-refractivity contribution in [2.45, 2.75) is 32.5 Å². The molecule has 2 aromatic rings. The summed E-state index contributed by atoms with van der Waals surface area (Å²) in [7, 11) is 0. The Morgan fingerprint density at radius 1 is 1.31 bits per heavy atom. The van der Waals surface area contributed by atoms with E-state index in [0.717, 1.165) is 0 Å². The van der Waals surface area contributed by atoms with Gasteiger partial charge in [0.1, 0.15) is 12.0 Å². The van der Waals surface area contributed by atoms with Crippen molar-refractivity contribution in [3.8, 4) is 5.75 Å². The Morgan fingerprint density at radius 2 is 2.08 bits per heavy atom. The molecule has 0 aromatic heterocycles. The standard InChI is InChI=1S/C19H20F2N2O3/c1-2-4-17(25)18(22)15-9-12(11-24)7-8-16(15)23-13-5-3-6-14(10-13)26-19(20)21/h3,5-11,17,19,22-23,25H,2,4H2,1H3. The van der Waals surface area contributed by atoms with Crippen LogP contribution in [-0.2, 0) is 0 Å². The number of hydrogen-bond acceptors (Lipinski definition) is 5.